The molecule has 0 rings (SSSR count). The molecule has 58 valence electrons. The standard InChI is InChI=1S/C4H5NO2.C2H6O/c1-7-4(6)2-3-5;1-2-3/h2H2,1H3;3H,2H2,1H3. The second kappa shape index (κ2) is 10.8. The third-order valence-corrected chi connectivity index (χ3v) is 0.451. The maximum atomic E-state index is 9.97. The summed E-state index contributed by atoms with van der Waals surface area (Å²) in [7, 11) is 1.25. The molecule has 0 saturated heterocycles. The quantitative estimate of drug-likeness (QED) is 0.530. The summed E-state index contributed by atoms with van der Waals surface area (Å²) in [4.78, 5) is 9.97. The van der Waals surface area contributed by atoms with Crippen molar-refractivity contribution in [2.45, 2.75) is 13.3 Å². The lowest BCUT2D eigenvalue weighted by Gasteiger charge is -1.85. The third-order valence-electron chi connectivity index (χ3n) is 0.451. The highest BCUT2D eigenvalue weighted by atomic mass is 16.5. The number of aliphatic hydroxyl groups is 1. The Morgan fingerprint density at radius 3 is 2.30 bits per heavy atom. The summed E-state index contributed by atoms with van der Waals surface area (Å²) in [6.07, 6.45) is -0.156. The summed E-state index contributed by atoms with van der Waals surface area (Å²) in [5, 5.41) is 15.4. The molecule has 0 aromatic heterocycles. The van der Waals surface area contributed by atoms with Gasteiger partial charge in [-0.3, -0.25) is 4.79 Å². The first kappa shape index (κ1) is 11.7. The first-order chi connectivity index (χ1) is 4.72. The zero-order chi connectivity index (χ0) is 8.41. The van der Waals surface area contributed by atoms with Crippen LogP contribution in [0.5, 0.6) is 0 Å². The molecule has 0 aliphatic carbocycles. The average Bonchev–Trinajstić information content (AvgIpc) is 1.90. The minimum absolute atomic E-state index is 0.156. The van der Waals surface area contributed by atoms with Crippen LogP contribution in [-0.2, 0) is 9.53 Å². The van der Waals surface area contributed by atoms with Crippen LogP contribution in [0.25, 0.3) is 0 Å². The number of nitrogens with zero attached hydrogens (tertiary/aromatic N) is 1. The second-order valence-corrected chi connectivity index (χ2v) is 1.23. The van der Waals surface area contributed by atoms with Gasteiger partial charge in [0.1, 0.15) is 6.42 Å². The molecular formula is C6H11NO3. The van der Waals surface area contributed by atoms with Crippen LogP contribution in [0.3, 0.4) is 0 Å². The van der Waals surface area contributed by atoms with Crippen LogP contribution in [0.4, 0.5) is 0 Å². The molecule has 0 fully saturated rings. The van der Waals surface area contributed by atoms with Gasteiger partial charge in [-0.05, 0) is 6.92 Å². The van der Waals surface area contributed by atoms with Crippen LogP contribution in [0, 0.1) is 11.3 Å². The van der Waals surface area contributed by atoms with Crippen LogP contribution < -0.4 is 0 Å². The number of carbonyl (C=O) groups excluding carboxylic acids is 1. The van der Waals surface area contributed by atoms with Crippen LogP contribution in [0.15, 0.2) is 0 Å². The zero-order valence-electron chi connectivity index (χ0n) is 6.13. The first-order valence-electron chi connectivity index (χ1n) is 2.77. The van der Waals surface area contributed by atoms with Gasteiger partial charge in [0.25, 0.3) is 0 Å². The number of esters is 1. The molecule has 10 heavy (non-hydrogen) atoms. The molecule has 0 unspecified atom stereocenters. The highest BCUT2D eigenvalue weighted by Gasteiger charge is 1.93. The van der Waals surface area contributed by atoms with Crippen LogP contribution in [0.2, 0.25) is 0 Å². The summed E-state index contributed by atoms with van der Waals surface area (Å²) in [5.41, 5.74) is 0. The van der Waals surface area contributed by atoms with Crippen molar-refractivity contribution in [1.82, 2.24) is 0 Å². The molecule has 0 amide bonds. The zero-order valence-corrected chi connectivity index (χ0v) is 6.13. The fourth-order valence-electron chi connectivity index (χ4n) is 0.137. The summed E-state index contributed by atoms with van der Waals surface area (Å²) in [6.45, 7) is 1.93. The summed E-state index contributed by atoms with van der Waals surface area (Å²) >= 11 is 0. The van der Waals surface area contributed by atoms with Gasteiger partial charge in [0, 0.05) is 6.61 Å². The molecule has 0 aromatic rings. The number of nitriles is 1. The number of hydrogen-bond acceptors (Lipinski definition) is 4. The molecular weight excluding hydrogens is 134 g/mol. The first-order valence-corrected chi connectivity index (χ1v) is 2.77. The minimum Gasteiger partial charge on any atom is -0.468 e. The smallest absolute Gasteiger partial charge is 0.319 e. The Bertz CT molecular complexity index is 117. The lowest BCUT2D eigenvalue weighted by molar-refractivity contribution is -0.139. The van der Waals surface area contributed by atoms with Crippen molar-refractivity contribution in [3.05, 3.63) is 0 Å². The molecule has 1 N–H and O–H groups in total. The van der Waals surface area contributed by atoms with Crippen molar-refractivity contribution in [3.63, 3.8) is 0 Å². The number of carbonyl (C=O) groups is 1. The summed E-state index contributed by atoms with van der Waals surface area (Å²) in [5.74, 6) is -0.484. The van der Waals surface area contributed by atoms with E-state index < -0.39 is 5.97 Å². The van der Waals surface area contributed by atoms with E-state index >= 15 is 0 Å². The molecule has 0 heterocycles. The lowest BCUT2D eigenvalue weighted by atomic mass is 10.5. The maximum absolute atomic E-state index is 9.97. The van der Waals surface area contributed by atoms with E-state index in [0.29, 0.717) is 0 Å². The largest absolute Gasteiger partial charge is 0.468 e. The highest BCUT2D eigenvalue weighted by molar-refractivity contribution is 5.71. The van der Waals surface area contributed by atoms with E-state index in [9.17, 15) is 4.79 Å². The molecule has 4 nitrogen and oxygen atoms in total. The Kier molecular flexibility index (Phi) is 12.6. The fraction of sp³-hybridized carbons (Fsp3) is 0.667. The average molecular weight is 145 g/mol. The molecule has 0 aliphatic rings. The van der Waals surface area contributed by atoms with Crippen molar-refractivity contribution in [3.8, 4) is 6.07 Å². The Hall–Kier alpha value is -1.08. The van der Waals surface area contributed by atoms with E-state index in [1.54, 1.807) is 13.0 Å². The van der Waals surface area contributed by atoms with Gasteiger partial charge in [0.05, 0.1) is 13.2 Å². The van der Waals surface area contributed by atoms with E-state index in [1.165, 1.54) is 7.11 Å². The van der Waals surface area contributed by atoms with Crippen molar-refractivity contribution >= 4 is 5.97 Å². The van der Waals surface area contributed by atoms with Gasteiger partial charge < -0.3 is 9.84 Å². The third kappa shape index (κ3) is 15.8. The molecule has 0 bridgehead atoms. The van der Waals surface area contributed by atoms with Gasteiger partial charge in [-0.2, -0.15) is 5.26 Å². The fourth-order valence-corrected chi connectivity index (χ4v) is 0.137. The number of methoxy groups -OCH3 is 1. The minimum atomic E-state index is -0.484. The second-order valence-electron chi connectivity index (χ2n) is 1.23. The monoisotopic (exact) mass is 145 g/mol. The maximum Gasteiger partial charge on any atom is 0.319 e. The Morgan fingerprint density at radius 1 is 1.80 bits per heavy atom. The Labute approximate surface area is 60.0 Å². The summed E-state index contributed by atoms with van der Waals surface area (Å²) < 4.78 is 4.13. The molecule has 0 spiro atoms. The van der Waals surface area contributed by atoms with E-state index in [2.05, 4.69) is 4.74 Å². The van der Waals surface area contributed by atoms with Crippen molar-refractivity contribution in [2.24, 2.45) is 0 Å². The van der Waals surface area contributed by atoms with Gasteiger partial charge in [-0.1, -0.05) is 0 Å². The van der Waals surface area contributed by atoms with Gasteiger partial charge in [0.15, 0.2) is 0 Å². The number of ether oxygens (including phenoxy) is 1. The molecule has 0 saturated carbocycles. The summed E-state index contributed by atoms with van der Waals surface area (Å²) in [6, 6.07) is 1.64. The molecule has 0 atom stereocenters. The molecule has 4 heteroatoms. The van der Waals surface area contributed by atoms with Crippen molar-refractivity contribution in [1.29, 1.82) is 5.26 Å². The van der Waals surface area contributed by atoms with Crippen LogP contribution >= 0.6 is 0 Å². The highest BCUT2D eigenvalue weighted by Crippen LogP contribution is 1.76. The van der Waals surface area contributed by atoms with Crippen molar-refractivity contribution in [2.75, 3.05) is 13.7 Å². The van der Waals surface area contributed by atoms with E-state index in [0.717, 1.165) is 0 Å². The topological polar surface area (TPSA) is 70.3 Å². The van der Waals surface area contributed by atoms with E-state index in [4.69, 9.17) is 10.4 Å². The van der Waals surface area contributed by atoms with Crippen molar-refractivity contribution < 1.29 is 14.6 Å². The Balaban J connectivity index is 0. The predicted molar refractivity (Wildman–Crippen MR) is 35.0 cm³/mol. The lowest BCUT2D eigenvalue weighted by Crippen LogP contribution is -1.96. The van der Waals surface area contributed by atoms with E-state index in [1.807, 2.05) is 0 Å². The van der Waals surface area contributed by atoms with Crippen LogP contribution in [0.1, 0.15) is 13.3 Å². The molecule has 0 aliphatic heterocycles. The van der Waals surface area contributed by atoms with Gasteiger partial charge in [0.2, 0.25) is 0 Å². The van der Waals surface area contributed by atoms with E-state index in [-0.39, 0.29) is 13.0 Å². The normalized spacial score (nSPS) is 6.60. The molecule has 0 radical (unpaired) electrons. The number of aliphatic hydroxyl groups excluding tert-OH is 1. The Morgan fingerprint density at radius 2 is 2.20 bits per heavy atom. The van der Waals surface area contributed by atoms with Crippen LogP contribution in [-0.4, -0.2) is 24.8 Å². The number of hydrogen-bond donors (Lipinski definition) is 1. The van der Waals surface area contributed by atoms with Gasteiger partial charge in [-0.15, -0.1) is 0 Å². The molecule has 0 aromatic carbocycles. The number of rotatable bonds is 1. The predicted octanol–water partition coefficient (Wildman–Crippen LogP) is 0.0717. The van der Waals surface area contributed by atoms with Gasteiger partial charge in [-0.25, -0.2) is 0 Å². The SMILES string of the molecule is CCO.COC(=O)CC#N. The van der Waals surface area contributed by atoms with Gasteiger partial charge >= 0.3 is 5.97 Å².